The number of carbonyl (C=O) groups is 2. The fourth-order valence-corrected chi connectivity index (χ4v) is 7.72. The molecule has 5 rings (SSSR count). The zero-order valence-electron chi connectivity index (χ0n) is 27.3. The average Bonchev–Trinajstić information content (AvgIpc) is 3.10. The summed E-state index contributed by atoms with van der Waals surface area (Å²) >= 11 is 3.43. The Bertz CT molecular complexity index is 1780. The van der Waals surface area contributed by atoms with Crippen molar-refractivity contribution in [2.24, 2.45) is 0 Å². The highest BCUT2D eigenvalue weighted by molar-refractivity contribution is 9.10. The third-order valence-electron chi connectivity index (χ3n) is 8.71. The first-order chi connectivity index (χ1) is 23.1. The summed E-state index contributed by atoms with van der Waals surface area (Å²) in [6.45, 7) is 1.45. The van der Waals surface area contributed by atoms with E-state index in [2.05, 4.69) is 21.2 Å². The summed E-state index contributed by atoms with van der Waals surface area (Å²) in [5.41, 5.74) is 2.89. The standard InChI is InChI=1S/C38H42BrN3O5S/c1-28-16-22-35(23-17-28)48(45,46)42(33-20-18-31(39)19-21-33)27-37(43)41(26-30-12-9-15-34(24-30)47-2)36(25-29-10-5-3-6-11-29)38(44)40-32-13-7-4-8-14-32/h3,5-6,9-12,15-24,32,36H,4,7-8,13-14,25-27H2,1-2H3,(H,40,44)/t36-/m0/s1. The summed E-state index contributed by atoms with van der Waals surface area (Å²) < 4.78 is 35.8. The number of hydrogen-bond donors (Lipinski definition) is 1. The molecule has 0 spiro atoms. The van der Waals surface area contributed by atoms with Crippen LogP contribution in [0.2, 0.25) is 0 Å². The fraction of sp³-hybridized carbons (Fsp3) is 0.316. The lowest BCUT2D eigenvalue weighted by Gasteiger charge is -2.35. The summed E-state index contributed by atoms with van der Waals surface area (Å²) in [6.07, 6.45) is 5.26. The van der Waals surface area contributed by atoms with Crippen molar-refractivity contribution >= 4 is 43.5 Å². The molecule has 0 heterocycles. The normalized spacial score (nSPS) is 14.1. The van der Waals surface area contributed by atoms with Gasteiger partial charge < -0.3 is 15.0 Å². The molecule has 252 valence electrons. The van der Waals surface area contributed by atoms with Crippen molar-refractivity contribution in [1.29, 1.82) is 0 Å². The van der Waals surface area contributed by atoms with Crippen LogP contribution in [0.15, 0.2) is 112 Å². The van der Waals surface area contributed by atoms with E-state index in [1.165, 1.54) is 4.90 Å². The molecule has 2 amide bonds. The highest BCUT2D eigenvalue weighted by atomic mass is 79.9. The van der Waals surface area contributed by atoms with Crippen LogP contribution < -0.4 is 14.4 Å². The molecule has 0 unspecified atom stereocenters. The Labute approximate surface area is 292 Å². The van der Waals surface area contributed by atoms with Crippen LogP contribution in [0, 0.1) is 6.92 Å². The number of rotatable bonds is 13. The van der Waals surface area contributed by atoms with E-state index in [0.717, 1.165) is 57.6 Å². The molecule has 8 nitrogen and oxygen atoms in total. The van der Waals surface area contributed by atoms with E-state index in [0.29, 0.717) is 11.4 Å². The topological polar surface area (TPSA) is 96.0 Å². The Hall–Kier alpha value is -4.15. The number of nitrogens with zero attached hydrogens (tertiary/aromatic N) is 2. The molecular weight excluding hydrogens is 690 g/mol. The van der Waals surface area contributed by atoms with Crippen LogP contribution >= 0.6 is 15.9 Å². The van der Waals surface area contributed by atoms with Gasteiger partial charge in [0.25, 0.3) is 10.0 Å². The summed E-state index contributed by atoms with van der Waals surface area (Å²) in [4.78, 5) is 30.6. The molecule has 0 radical (unpaired) electrons. The van der Waals surface area contributed by atoms with Gasteiger partial charge in [-0.3, -0.25) is 13.9 Å². The Morgan fingerprint density at radius 1 is 0.875 bits per heavy atom. The van der Waals surface area contributed by atoms with Crippen molar-refractivity contribution in [2.75, 3.05) is 18.0 Å². The van der Waals surface area contributed by atoms with Gasteiger partial charge in [0.1, 0.15) is 18.3 Å². The summed E-state index contributed by atoms with van der Waals surface area (Å²) in [5.74, 6) is -0.140. The number of anilines is 1. The second-order valence-corrected chi connectivity index (χ2v) is 15.0. The van der Waals surface area contributed by atoms with Crippen LogP contribution in [0.5, 0.6) is 5.75 Å². The van der Waals surface area contributed by atoms with E-state index in [1.54, 1.807) is 55.6 Å². The lowest BCUT2D eigenvalue weighted by Crippen LogP contribution is -2.55. The number of amides is 2. The molecule has 0 saturated heterocycles. The fourth-order valence-electron chi connectivity index (χ4n) is 6.04. The number of hydrogen-bond acceptors (Lipinski definition) is 5. The number of halogens is 1. The average molecular weight is 733 g/mol. The number of nitrogens with one attached hydrogen (secondary N) is 1. The highest BCUT2D eigenvalue weighted by Crippen LogP contribution is 2.27. The second kappa shape index (κ2) is 16.3. The molecule has 0 bridgehead atoms. The Kier molecular flexibility index (Phi) is 11.9. The minimum Gasteiger partial charge on any atom is -0.497 e. The molecule has 4 aromatic rings. The molecular formula is C38H42BrN3O5S. The molecule has 0 aromatic heterocycles. The molecule has 1 saturated carbocycles. The predicted molar refractivity (Wildman–Crippen MR) is 192 cm³/mol. The summed E-state index contributed by atoms with van der Waals surface area (Å²) in [6, 6.07) is 29.4. The maximum Gasteiger partial charge on any atom is 0.264 e. The molecule has 48 heavy (non-hydrogen) atoms. The Balaban J connectivity index is 1.57. The molecule has 0 aliphatic heterocycles. The van der Waals surface area contributed by atoms with E-state index in [1.807, 2.05) is 61.5 Å². The van der Waals surface area contributed by atoms with Crippen LogP contribution in [-0.4, -0.2) is 50.9 Å². The lowest BCUT2D eigenvalue weighted by molar-refractivity contribution is -0.140. The second-order valence-electron chi connectivity index (χ2n) is 12.2. The molecule has 1 aliphatic rings. The zero-order valence-corrected chi connectivity index (χ0v) is 29.8. The van der Waals surface area contributed by atoms with Gasteiger partial charge >= 0.3 is 0 Å². The first-order valence-electron chi connectivity index (χ1n) is 16.3. The minimum atomic E-state index is -4.17. The predicted octanol–water partition coefficient (Wildman–Crippen LogP) is 7.05. The van der Waals surface area contributed by atoms with E-state index >= 15 is 0 Å². The molecule has 1 fully saturated rings. The lowest BCUT2D eigenvalue weighted by atomic mass is 9.94. The van der Waals surface area contributed by atoms with Gasteiger partial charge in [0.2, 0.25) is 11.8 Å². The molecule has 1 aliphatic carbocycles. The van der Waals surface area contributed by atoms with Gasteiger partial charge in [0.05, 0.1) is 17.7 Å². The smallest absolute Gasteiger partial charge is 0.264 e. The third-order valence-corrected chi connectivity index (χ3v) is 11.0. The van der Waals surface area contributed by atoms with Crippen LogP contribution in [0.3, 0.4) is 0 Å². The molecule has 10 heteroatoms. The first kappa shape index (κ1) is 35.2. The molecule has 1 N–H and O–H groups in total. The number of benzene rings is 4. The van der Waals surface area contributed by atoms with E-state index < -0.39 is 28.5 Å². The van der Waals surface area contributed by atoms with Crippen molar-refractivity contribution in [2.45, 2.75) is 69.0 Å². The Morgan fingerprint density at radius 2 is 1.54 bits per heavy atom. The van der Waals surface area contributed by atoms with Crippen molar-refractivity contribution < 1.29 is 22.7 Å². The Morgan fingerprint density at radius 3 is 2.21 bits per heavy atom. The first-order valence-corrected chi connectivity index (χ1v) is 18.5. The number of ether oxygens (including phenoxy) is 1. The van der Waals surface area contributed by atoms with Gasteiger partial charge in [-0.1, -0.05) is 95.4 Å². The van der Waals surface area contributed by atoms with Crippen molar-refractivity contribution in [3.8, 4) is 5.75 Å². The maximum absolute atomic E-state index is 14.7. The van der Waals surface area contributed by atoms with Crippen LogP contribution in [0.25, 0.3) is 0 Å². The van der Waals surface area contributed by atoms with E-state index in [9.17, 15) is 18.0 Å². The van der Waals surface area contributed by atoms with Crippen molar-refractivity contribution in [1.82, 2.24) is 10.2 Å². The zero-order chi connectivity index (χ0) is 34.1. The third kappa shape index (κ3) is 9.05. The number of aryl methyl sites for hydroxylation is 1. The van der Waals surface area contributed by atoms with Crippen LogP contribution in [0.4, 0.5) is 5.69 Å². The summed E-state index contributed by atoms with van der Waals surface area (Å²) in [7, 11) is -2.60. The summed E-state index contributed by atoms with van der Waals surface area (Å²) in [5, 5.41) is 3.24. The number of sulfonamides is 1. The number of methoxy groups -OCH3 is 1. The maximum atomic E-state index is 14.7. The minimum absolute atomic E-state index is 0.0273. The SMILES string of the molecule is COc1cccc(CN(C(=O)CN(c2ccc(Br)cc2)S(=O)(=O)c2ccc(C)cc2)[C@@H](Cc2ccccc2)C(=O)NC2CCCCC2)c1. The molecule has 4 aromatic carbocycles. The van der Waals surface area contributed by atoms with Gasteiger partial charge in [-0.05, 0) is 79.4 Å². The van der Waals surface area contributed by atoms with Gasteiger partial charge in [0.15, 0.2) is 0 Å². The van der Waals surface area contributed by atoms with Crippen LogP contribution in [0.1, 0.15) is 48.8 Å². The monoisotopic (exact) mass is 731 g/mol. The van der Waals surface area contributed by atoms with Crippen molar-refractivity contribution in [3.63, 3.8) is 0 Å². The van der Waals surface area contributed by atoms with E-state index in [-0.39, 0.29) is 29.8 Å². The van der Waals surface area contributed by atoms with Gasteiger partial charge in [-0.15, -0.1) is 0 Å². The van der Waals surface area contributed by atoms with Crippen molar-refractivity contribution in [3.05, 3.63) is 124 Å². The quantitative estimate of drug-likeness (QED) is 0.159. The number of carbonyl (C=O) groups excluding carboxylic acids is 2. The van der Waals surface area contributed by atoms with E-state index in [4.69, 9.17) is 4.74 Å². The largest absolute Gasteiger partial charge is 0.497 e. The van der Waals surface area contributed by atoms with Gasteiger partial charge in [0, 0.05) is 23.5 Å². The highest BCUT2D eigenvalue weighted by Gasteiger charge is 2.35. The van der Waals surface area contributed by atoms with Crippen LogP contribution in [-0.2, 0) is 32.6 Å². The molecule has 1 atom stereocenters. The van der Waals surface area contributed by atoms with Gasteiger partial charge in [-0.2, -0.15) is 0 Å². The van der Waals surface area contributed by atoms with Gasteiger partial charge in [-0.25, -0.2) is 8.42 Å².